The molecule has 36 heavy (non-hydrogen) atoms. The average Bonchev–Trinajstić information content (AvgIpc) is 3.26. The van der Waals surface area contributed by atoms with E-state index in [2.05, 4.69) is 0 Å². The summed E-state index contributed by atoms with van der Waals surface area (Å²) in [5.74, 6) is -0.876. The molecule has 2 aromatic heterocycles. The molecule has 3 aromatic rings. The minimum Gasteiger partial charge on any atom is -0.458 e. The second-order valence-corrected chi connectivity index (χ2v) is 9.01. The van der Waals surface area contributed by atoms with Gasteiger partial charge in [0.05, 0.1) is 35.6 Å². The summed E-state index contributed by atoms with van der Waals surface area (Å²) in [4.78, 5) is 44.5. The number of fused-ring (bicyclic) bond motifs is 5. The third-order valence-electron chi connectivity index (χ3n) is 7.16. The van der Waals surface area contributed by atoms with Crippen molar-refractivity contribution in [2.24, 2.45) is 5.73 Å². The number of para-hydroxylation sites is 1. The number of hydrogen-bond donors (Lipinski definition) is 2. The SMILES string of the molecule is CCN(C/C=C/c1c2c(nc3ccccc13)-c1cc3c(c(=O)n1C2)COC(=O)[C@]3(O)CC)C(=O)CN. The molecule has 0 bridgehead atoms. The highest BCUT2D eigenvalue weighted by molar-refractivity contribution is 5.93. The number of esters is 1. The summed E-state index contributed by atoms with van der Waals surface area (Å²) >= 11 is 0. The molecule has 1 amide bonds. The van der Waals surface area contributed by atoms with E-state index >= 15 is 0 Å². The summed E-state index contributed by atoms with van der Waals surface area (Å²) in [7, 11) is 0. The van der Waals surface area contributed by atoms with Gasteiger partial charge in [0.2, 0.25) is 5.91 Å². The third kappa shape index (κ3) is 3.54. The van der Waals surface area contributed by atoms with Gasteiger partial charge in [-0.15, -0.1) is 0 Å². The number of carbonyl (C=O) groups is 2. The van der Waals surface area contributed by atoms with E-state index < -0.39 is 11.6 Å². The molecule has 9 heteroatoms. The average molecular weight is 489 g/mol. The van der Waals surface area contributed by atoms with Gasteiger partial charge in [0.15, 0.2) is 5.60 Å². The predicted octanol–water partition coefficient (Wildman–Crippen LogP) is 1.90. The van der Waals surface area contributed by atoms with Crippen LogP contribution in [0.5, 0.6) is 0 Å². The lowest BCUT2D eigenvalue weighted by Crippen LogP contribution is -2.44. The Morgan fingerprint density at radius 1 is 1.28 bits per heavy atom. The van der Waals surface area contributed by atoms with E-state index in [9.17, 15) is 19.5 Å². The number of cyclic esters (lactones) is 1. The second-order valence-electron chi connectivity index (χ2n) is 9.01. The van der Waals surface area contributed by atoms with Gasteiger partial charge in [0, 0.05) is 29.6 Å². The Morgan fingerprint density at radius 3 is 2.78 bits per heavy atom. The lowest BCUT2D eigenvalue weighted by Gasteiger charge is -2.31. The molecule has 0 saturated carbocycles. The molecular formula is C27H28N4O5. The van der Waals surface area contributed by atoms with Crippen molar-refractivity contribution in [3.63, 3.8) is 0 Å². The molecule has 186 valence electrons. The number of ether oxygens (including phenoxy) is 1. The minimum absolute atomic E-state index is 0.0471. The van der Waals surface area contributed by atoms with Gasteiger partial charge in [-0.25, -0.2) is 9.78 Å². The van der Waals surface area contributed by atoms with Crippen molar-refractivity contribution in [2.45, 2.75) is 39.0 Å². The molecule has 1 aromatic carbocycles. The Balaban J connectivity index is 1.67. The number of nitrogens with zero attached hydrogens (tertiary/aromatic N) is 3. The number of hydrogen-bond acceptors (Lipinski definition) is 7. The van der Waals surface area contributed by atoms with Gasteiger partial charge in [-0.05, 0) is 31.0 Å². The first kappa shape index (κ1) is 23.9. The lowest BCUT2D eigenvalue weighted by molar-refractivity contribution is -0.172. The van der Waals surface area contributed by atoms with Gasteiger partial charge in [0.25, 0.3) is 5.56 Å². The first-order valence-corrected chi connectivity index (χ1v) is 12.1. The molecule has 0 radical (unpaired) electrons. The molecule has 2 aliphatic rings. The van der Waals surface area contributed by atoms with Crippen LogP contribution in [0.3, 0.4) is 0 Å². The Morgan fingerprint density at radius 2 is 2.06 bits per heavy atom. The van der Waals surface area contributed by atoms with Crippen LogP contribution in [0.25, 0.3) is 28.4 Å². The number of rotatable bonds is 6. The molecular weight excluding hydrogens is 460 g/mol. The van der Waals surface area contributed by atoms with Crippen LogP contribution in [-0.4, -0.2) is 51.1 Å². The van der Waals surface area contributed by atoms with Crippen molar-refractivity contribution in [3.05, 3.63) is 69.0 Å². The number of likely N-dealkylation sites (N-methyl/N-ethyl adjacent to an activating group) is 1. The third-order valence-corrected chi connectivity index (χ3v) is 7.16. The quantitative estimate of drug-likeness (QED) is 0.397. The van der Waals surface area contributed by atoms with Crippen LogP contribution in [0.15, 0.2) is 41.2 Å². The fourth-order valence-corrected chi connectivity index (χ4v) is 5.08. The monoisotopic (exact) mass is 488 g/mol. The predicted molar refractivity (Wildman–Crippen MR) is 135 cm³/mol. The van der Waals surface area contributed by atoms with E-state index in [4.69, 9.17) is 15.5 Å². The number of amides is 1. The summed E-state index contributed by atoms with van der Waals surface area (Å²) in [6.07, 6.45) is 3.96. The lowest BCUT2D eigenvalue weighted by atomic mass is 9.86. The zero-order valence-electron chi connectivity index (χ0n) is 20.3. The first-order valence-electron chi connectivity index (χ1n) is 12.1. The van der Waals surface area contributed by atoms with Gasteiger partial charge >= 0.3 is 5.97 Å². The van der Waals surface area contributed by atoms with Crippen LogP contribution < -0.4 is 11.3 Å². The van der Waals surface area contributed by atoms with Gasteiger partial charge in [-0.1, -0.05) is 37.3 Å². The number of nitrogens with two attached hydrogens (primary N) is 1. The van der Waals surface area contributed by atoms with Gasteiger partial charge in [-0.3, -0.25) is 9.59 Å². The summed E-state index contributed by atoms with van der Waals surface area (Å²) in [5, 5.41) is 12.0. The molecule has 4 heterocycles. The summed E-state index contributed by atoms with van der Waals surface area (Å²) in [6, 6.07) is 9.42. The maximum Gasteiger partial charge on any atom is 0.343 e. The molecule has 0 saturated heterocycles. The first-order chi connectivity index (χ1) is 17.3. The molecule has 3 N–H and O–H groups in total. The normalized spacial score (nSPS) is 18.2. The number of aliphatic hydroxyl groups is 1. The zero-order chi connectivity index (χ0) is 25.6. The molecule has 0 fully saturated rings. The van der Waals surface area contributed by atoms with Crippen molar-refractivity contribution in [3.8, 4) is 11.4 Å². The molecule has 2 aliphatic heterocycles. The van der Waals surface area contributed by atoms with E-state index in [1.807, 2.05) is 43.3 Å². The summed E-state index contributed by atoms with van der Waals surface area (Å²) < 4.78 is 6.78. The van der Waals surface area contributed by atoms with Crippen LogP contribution >= 0.6 is 0 Å². The molecule has 9 nitrogen and oxygen atoms in total. The van der Waals surface area contributed by atoms with Gasteiger partial charge < -0.3 is 25.0 Å². The molecule has 0 unspecified atom stereocenters. The molecule has 0 spiro atoms. The number of benzene rings is 1. The Hall–Kier alpha value is -3.82. The Labute approximate surface area is 207 Å². The molecule has 5 rings (SSSR count). The van der Waals surface area contributed by atoms with Crippen molar-refractivity contribution in [2.75, 3.05) is 19.6 Å². The second kappa shape index (κ2) is 9.00. The molecule has 1 atom stereocenters. The van der Waals surface area contributed by atoms with E-state index in [1.54, 1.807) is 22.5 Å². The van der Waals surface area contributed by atoms with Gasteiger partial charge in [0.1, 0.15) is 6.61 Å². The van der Waals surface area contributed by atoms with Crippen molar-refractivity contribution in [1.82, 2.24) is 14.5 Å². The zero-order valence-corrected chi connectivity index (χ0v) is 20.3. The maximum absolute atomic E-state index is 13.5. The van der Waals surface area contributed by atoms with Crippen LogP contribution in [-0.2, 0) is 33.1 Å². The Kier molecular flexibility index (Phi) is 5.97. The van der Waals surface area contributed by atoms with E-state index in [-0.39, 0.29) is 42.2 Å². The van der Waals surface area contributed by atoms with Crippen LogP contribution in [0.1, 0.15) is 42.5 Å². The van der Waals surface area contributed by atoms with Crippen molar-refractivity contribution < 1.29 is 19.4 Å². The van der Waals surface area contributed by atoms with Gasteiger partial charge in [-0.2, -0.15) is 0 Å². The maximum atomic E-state index is 13.5. The van der Waals surface area contributed by atoms with Crippen LogP contribution in [0.2, 0.25) is 0 Å². The van der Waals surface area contributed by atoms with E-state index in [0.29, 0.717) is 31.0 Å². The van der Waals surface area contributed by atoms with Crippen LogP contribution in [0.4, 0.5) is 0 Å². The number of pyridine rings is 2. The Bertz CT molecular complexity index is 1490. The fraction of sp³-hybridized carbons (Fsp3) is 0.333. The number of aromatic nitrogens is 2. The minimum atomic E-state index is -1.87. The number of carbonyl (C=O) groups excluding carboxylic acids is 2. The highest BCUT2D eigenvalue weighted by atomic mass is 16.6. The van der Waals surface area contributed by atoms with Crippen molar-refractivity contribution >= 4 is 28.9 Å². The smallest absolute Gasteiger partial charge is 0.343 e. The largest absolute Gasteiger partial charge is 0.458 e. The summed E-state index contributed by atoms with van der Waals surface area (Å²) in [6.45, 7) is 4.61. The highest BCUT2D eigenvalue weighted by Crippen LogP contribution is 2.40. The van der Waals surface area contributed by atoms with Crippen molar-refractivity contribution in [1.29, 1.82) is 0 Å². The fourth-order valence-electron chi connectivity index (χ4n) is 5.08. The van der Waals surface area contributed by atoms with E-state index in [0.717, 1.165) is 22.0 Å². The standard InChI is InChI=1S/C27H28N4O5/c1-3-27(35)20-12-22-24-18(14-31(22)25(33)19(20)15-36-26(27)34)16(17-8-5-6-10-21(17)29-24)9-7-11-30(4-2)23(32)13-28/h5-10,12,35H,3-4,11,13-15,28H2,1-2H3/b9-7+/t27-/m0/s1. The highest BCUT2D eigenvalue weighted by Gasteiger charge is 2.45. The van der Waals surface area contributed by atoms with Crippen LogP contribution in [0, 0.1) is 0 Å². The van der Waals surface area contributed by atoms with E-state index in [1.165, 1.54) is 0 Å². The molecule has 0 aliphatic carbocycles. The topological polar surface area (TPSA) is 128 Å². The summed E-state index contributed by atoms with van der Waals surface area (Å²) in [5.41, 5.74) is 7.66.